The Morgan fingerprint density at radius 3 is 2.34 bits per heavy atom. The Hall–Kier alpha value is -1.30. The zero-order valence-electron chi connectivity index (χ0n) is 17.4. The Labute approximate surface area is 170 Å². The zero-order chi connectivity index (χ0) is 22.0. The first-order valence-corrected chi connectivity index (χ1v) is 9.98. The number of aliphatic hydroxyl groups excluding tert-OH is 4. The molecule has 0 aromatic carbocycles. The summed E-state index contributed by atoms with van der Waals surface area (Å²) in [5.74, 6) is -0.755. The topological polar surface area (TPSA) is 158 Å². The van der Waals surface area contributed by atoms with Crippen molar-refractivity contribution < 1.29 is 39.5 Å². The first kappa shape index (κ1) is 24.0. The zero-order valence-corrected chi connectivity index (χ0v) is 17.4. The molecule has 0 aromatic heterocycles. The van der Waals surface area contributed by atoms with Crippen molar-refractivity contribution in [2.45, 2.75) is 88.8 Å². The summed E-state index contributed by atoms with van der Waals surface area (Å²) in [5, 5.41) is 45.1. The molecule has 6 N–H and O–H groups in total. The van der Waals surface area contributed by atoms with E-state index in [9.17, 15) is 30.0 Å². The largest absolute Gasteiger partial charge is 0.394 e. The van der Waals surface area contributed by atoms with E-state index in [1.54, 1.807) is 20.8 Å². The summed E-state index contributed by atoms with van der Waals surface area (Å²) >= 11 is 0. The van der Waals surface area contributed by atoms with Crippen molar-refractivity contribution in [2.24, 2.45) is 5.41 Å². The van der Waals surface area contributed by atoms with E-state index in [0.717, 1.165) is 6.42 Å². The number of hydrogen-bond acceptors (Lipinski definition) is 8. The van der Waals surface area contributed by atoms with Crippen LogP contribution in [0.25, 0.3) is 0 Å². The average molecular weight is 418 g/mol. The monoisotopic (exact) mass is 418 g/mol. The molecular weight excluding hydrogens is 384 g/mol. The number of carbonyl (C=O) groups excluding carboxylic acids is 2. The van der Waals surface area contributed by atoms with E-state index in [1.165, 1.54) is 7.05 Å². The molecule has 1 heterocycles. The standard InChI is InChI=1S/C19H34N2O8/c1-18(2,3)16(26)21-19(17(27)20-4)8-6-5-7-11(19)29-15-14(25)13(24)12(23)10(9-22)28-15/h10-15,22-25H,5-9H2,1-4H3,(H,20,27)(H,21,26)/t10-,11-,12-,13+,14-,15+,19+/m1/s1. The van der Waals surface area contributed by atoms with Crippen LogP contribution in [0.2, 0.25) is 0 Å². The Balaban J connectivity index is 2.31. The van der Waals surface area contributed by atoms with Crippen LogP contribution in [0.1, 0.15) is 46.5 Å². The molecule has 10 nitrogen and oxygen atoms in total. The number of aliphatic hydroxyl groups is 4. The summed E-state index contributed by atoms with van der Waals surface area (Å²) in [5.41, 5.74) is -2.12. The van der Waals surface area contributed by atoms with Crippen LogP contribution in [0.3, 0.4) is 0 Å². The summed E-state index contributed by atoms with van der Waals surface area (Å²) in [6, 6.07) is 0. The highest BCUT2D eigenvalue weighted by molar-refractivity contribution is 5.93. The van der Waals surface area contributed by atoms with Crippen LogP contribution in [-0.2, 0) is 19.1 Å². The molecule has 1 aliphatic heterocycles. The van der Waals surface area contributed by atoms with Crippen molar-refractivity contribution in [1.82, 2.24) is 10.6 Å². The summed E-state index contributed by atoms with van der Waals surface area (Å²) in [4.78, 5) is 25.6. The molecule has 7 atom stereocenters. The number of nitrogens with one attached hydrogen (secondary N) is 2. The van der Waals surface area contributed by atoms with Crippen LogP contribution in [-0.4, -0.2) is 88.2 Å². The number of likely N-dealkylation sites (N-methyl/N-ethyl adjacent to an activating group) is 1. The van der Waals surface area contributed by atoms with Crippen LogP contribution in [0.5, 0.6) is 0 Å². The van der Waals surface area contributed by atoms with Crippen LogP contribution < -0.4 is 10.6 Å². The van der Waals surface area contributed by atoms with Gasteiger partial charge in [-0.2, -0.15) is 0 Å². The van der Waals surface area contributed by atoms with E-state index < -0.39 is 60.3 Å². The molecule has 2 aliphatic rings. The molecule has 0 unspecified atom stereocenters. The minimum Gasteiger partial charge on any atom is -0.394 e. The van der Waals surface area contributed by atoms with Gasteiger partial charge in [-0.05, 0) is 12.8 Å². The third-order valence-corrected chi connectivity index (χ3v) is 5.63. The van der Waals surface area contributed by atoms with E-state index in [4.69, 9.17) is 9.47 Å². The maximum absolute atomic E-state index is 12.9. The lowest BCUT2D eigenvalue weighted by Gasteiger charge is -2.47. The van der Waals surface area contributed by atoms with Gasteiger partial charge in [0.25, 0.3) is 0 Å². The highest BCUT2D eigenvalue weighted by atomic mass is 16.7. The van der Waals surface area contributed by atoms with Gasteiger partial charge in [-0.1, -0.05) is 33.6 Å². The van der Waals surface area contributed by atoms with Crippen molar-refractivity contribution in [3.05, 3.63) is 0 Å². The molecule has 1 saturated heterocycles. The first-order valence-electron chi connectivity index (χ1n) is 9.98. The molecule has 1 saturated carbocycles. The fraction of sp³-hybridized carbons (Fsp3) is 0.895. The second-order valence-electron chi connectivity index (χ2n) is 8.82. The second-order valence-corrected chi connectivity index (χ2v) is 8.82. The third kappa shape index (κ3) is 4.89. The van der Waals surface area contributed by atoms with Crippen LogP contribution >= 0.6 is 0 Å². The molecule has 29 heavy (non-hydrogen) atoms. The van der Waals surface area contributed by atoms with Crippen molar-refractivity contribution in [1.29, 1.82) is 0 Å². The Morgan fingerprint density at radius 2 is 1.79 bits per heavy atom. The Morgan fingerprint density at radius 1 is 1.14 bits per heavy atom. The van der Waals surface area contributed by atoms with Gasteiger partial charge in [0.2, 0.25) is 11.8 Å². The molecular formula is C19H34N2O8. The fourth-order valence-corrected chi connectivity index (χ4v) is 3.74. The first-order chi connectivity index (χ1) is 13.5. The summed E-state index contributed by atoms with van der Waals surface area (Å²) in [6.45, 7) is 4.61. The van der Waals surface area contributed by atoms with Crippen molar-refractivity contribution in [3.63, 3.8) is 0 Å². The van der Waals surface area contributed by atoms with Gasteiger partial charge in [0.15, 0.2) is 6.29 Å². The lowest BCUT2D eigenvalue weighted by molar-refractivity contribution is -0.317. The molecule has 0 bridgehead atoms. The van der Waals surface area contributed by atoms with E-state index in [1.807, 2.05) is 0 Å². The summed E-state index contributed by atoms with van der Waals surface area (Å²) in [6.07, 6.45) is -5.88. The molecule has 0 radical (unpaired) electrons. The number of amides is 2. The van der Waals surface area contributed by atoms with Gasteiger partial charge in [-0.25, -0.2) is 0 Å². The Kier molecular flexibility index (Phi) is 7.63. The van der Waals surface area contributed by atoms with E-state index in [-0.39, 0.29) is 5.91 Å². The predicted molar refractivity (Wildman–Crippen MR) is 102 cm³/mol. The van der Waals surface area contributed by atoms with Gasteiger partial charge < -0.3 is 40.5 Å². The fourth-order valence-electron chi connectivity index (χ4n) is 3.74. The Bertz CT molecular complexity index is 593. The van der Waals surface area contributed by atoms with Gasteiger partial charge >= 0.3 is 0 Å². The molecule has 0 spiro atoms. The van der Waals surface area contributed by atoms with Gasteiger partial charge in [0, 0.05) is 12.5 Å². The van der Waals surface area contributed by atoms with Crippen molar-refractivity contribution >= 4 is 11.8 Å². The molecule has 168 valence electrons. The molecule has 2 rings (SSSR count). The van der Waals surface area contributed by atoms with Crippen LogP contribution in [0, 0.1) is 5.41 Å². The number of ether oxygens (including phenoxy) is 2. The molecule has 2 amide bonds. The lowest BCUT2D eigenvalue weighted by atomic mass is 9.77. The van der Waals surface area contributed by atoms with Gasteiger partial charge in [-0.3, -0.25) is 9.59 Å². The lowest BCUT2D eigenvalue weighted by Crippen LogP contribution is -2.69. The van der Waals surface area contributed by atoms with Gasteiger partial charge in [-0.15, -0.1) is 0 Å². The second kappa shape index (κ2) is 9.23. The third-order valence-electron chi connectivity index (χ3n) is 5.63. The highest BCUT2D eigenvalue weighted by Crippen LogP contribution is 2.35. The minimum atomic E-state index is -1.59. The number of carbonyl (C=O) groups is 2. The molecule has 10 heteroatoms. The molecule has 0 aromatic rings. The van der Waals surface area contributed by atoms with Crippen molar-refractivity contribution in [3.8, 4) is 0 Å². The average Bonchev–Trinajstić information content (AvgIpc) is 2.68. The molecule has 1 aliphatic carbocycles. The van der Waals surface area contributed by atoms with E-state index in [0.29, 0.717) is 19.3 Å². The summed E-state index contributed by atoms with van der Waals surface area (Å²) in [7, 11) is 1.47. The SMILES string of the molecule is CNC(=O)[C@]1(NC(=O)C(C)(C)C)CCCC[C@H]1O[C@@H]1O[C@H](CO)[C@@H](O)[C@H](O)[C@H]1O. The minimum absolute atomic E-state index is 0.328. The van der Waals surface area contributed by atoms with Gasteiger partial charge in [0.1, 0.15) is 30.0 Å². The summed E-state index contributed by atoms with van der Waals surface area (Å²) < 4.78 is 11.4. The quantitative estimate of drug-likeness (QED) is 0.311. The van der Waals surface area contributed by atoms with Crippen LogP contribution in [0.15, 0.2) is 0 Å². The number of hydrogen-bond donors (Lipinski definition) is 6. The molecule has 2 fully saturated rings. The van der Waals surface area contributed by atoms with E-state index >= 15 is 0 Å². The maximum atomic E-state index is 12.9. The van der Waals surface area contributed by atoms with Crippen molar-refractivity contribution in [2.75, 3.05) is 13.7 Å². The highest BCUT2D eigenvalue weighted by Gasteiger charge is 2.53. The number of rotatable bonds is 5. The van der Waals surface area contributed by atoms with Crippen LogP contribution in [0.4, 0.5) is 0 Å². The van der Waals surface area contributed by atoms with Gasteiger partial charge in [0.05, 0.1) is 12.7 Å². The maximum Gasteiger partial charge on any atom is 0.248 e. The smallest absolute Gasteiger partial charge is 0.248 e. The predicted octanol–water partition coefficient (Wildman–Crippen LogP) is -1.61. The van der Waals surface area contributed by atoms with E-state index in [2.05, 4.69) is 10.6 Å². The normalized spacial score (nSPS) is 38.3.